The second-order valence-corrected chi connectivity index (χ2v) is 5.57. The lowest BCUT2D eigenvalue weighted by atomic mass is 9.81. The van der Waals surface area contributed by atoms with Crippen LogP contribution in [0.4, 0.5) is 0 Å². The number of aliphatic carboxylic acids is 1. The van der Waals surface area contributed by atoms with Crippen LogP contribution in [0.5, 0.6) is 0 Å². The molecule has 0 saturated heterocycles. The fourth-order valence-electron chi connectivity index (χ4n) is 2.70. The summed E-state index contributed by atoms with van der Waals surface area (Å²) in [4.78, 5) is 24.9. The first-order valence-corrected chi connectivity index (χ1v) is 7.21. The molecular weight excluding hydrogens is 244 g/mol. The molecule has 3 N–H and O–H groups in total. The molecule has 0 radical (unpaired) electrons. The second kappa shape index (κ2) is 7.48. The summed E-state index contributed by atoms with van der Waals surface area (Å²) in [6.07, 6.45) is 4.42. The number of carbonyl (C=O) groups excluding carboxylic acids is 1. The van der Waals surface area contributed by atoms with Crippen LogP contribution < -0.4 is 5.73 Å². The third-order valence-corrected chi connectivity index (χ3v) is 4.24. The van der Waals surface area contributed by atoms with Gasteiger partial charge in [0.25, 0.3) is 0 Å². The van der Waals surface area contributed by atoms with Crippen LogP contribution >= 0.6 is 0 Å². The van der Waals surface area contributed by atoms with Crippen LogP contribution in [0.1, 0.15) is 46.0 Å². The van der Waals surface area contributed by atoms with Crippen LogP contribution in [0.3, 0.4) is 0 Å². The van der Waals surface area contributed by atoms with Gasteiger partial charge in [0.05, 0.1) is 0 Å². The molecule has 1 aliphatic carbocycles. The van der Waals surface area contributed by atoms with E-state index in [1.807, 2.05) is 13.8 Å². The largest absolute Gasteiger partial charge is 0.480 e. The van der Waals surface area contributed by atoms with Gasteiger partial charge >= 0.3 is 5.97 Å². The maximum Gasteiger partial charge on any atom is 0.323 e. The summed E-state index contributed by atoms with van der Waals surface area (Å²) >= 11 is 0. The van der Waals surface area contributed by atoms with Gasteiger partial charge in [0.2, 0.25) is 5.91 Å². The molecule has 0 aromatic rings. The molecule has 110 valence electrons. The SMILES string of the molecule is CCC(C)N(CC(=O)O)C(=O)C1CCC(CN)CC1. The van der Waals surface area contributed by atoms with Crippen molar-refractivity contribution in [2.75, 3.05) is 13.1 Å². The van der Waals surface area contributed by atoms with Gasteiger partial charge in [-0.05, 0) is 51.5 Å². The summed E-state index contributed by atoms with van der Waals surface area (Å²) in [5.41, 5.74) is 5.65. The van der Waals surface area contributed by atoms with Crippen LogP contribution in [0.25, 0.3) is 0 Å². The summed E-state index contributed by atoms with van der Waals surface area (Å²) in [6, 6.07) is -0.0177. The number of nitrogens with two attached hydrogens (primary N) is 1. The Morgan fingerprint density at radius 1 is 1.32 bits per heavy atom. The zero-order valence-corrected chi connectivity index (χ0v) is 12.0. The van der Waals surface area contributed by atoms with Crippen molar-refractivity contribution in [1.82, 2.24) is 4.90 Å². The molecule has 1 fully saturated rings. The van der Waals surface area contributed by atoms with Crippen molar-refractivity contribution in [1.29, 1.82) is 0 Å². The molecule has 0 aliphatic heterocycles. The Balaban J connectivity index is 2.63. The Bertz CT molecular complexity index is 312. The van der Waals surface area contributed by atoms with Gasteiger partial charge in [-0.2, -0.15) is 0 Å². The zero-order chi connectivity index (χ0) is 14.4. The van der Waals surface area contributed by atoms with E-state index in [2.05, 4.69) is 0 Å². The highest BCUT2D eigenvalue weighted by atomic mass is 16.4. The molecule has 1 saturated carbocycles. The Kier molecular flexibility index (Phi) is 6.28. The van der Waals surface area contributed by atoms with E-state index < -0.39 is 5.97 Å². The number of hydrogen-bond acceptors (Lipinski definition) is 3. The quantitative estimate of drug-likeness (QED) is 0.765. The number of hydrogen-bond donors (Lipinski definition) is 2. The van der Waals surface area contributed by atoms with E-state index in [1.165, 1.54) is 4.90 Å². The lowest BCUT2D eigenvalue weighted by molar-refractivity contribution is -0.148. The highest BCUT2D eigenvalue weighted by Crippen LogP contribution is 2.30. The molecule has 5 nitrogen and oxygen atoms in total. The minimum atomic E-state index is -0.940. The normalized spacial score (nSPS) is 24.8. The van der Waals surface area contributed by atoms with Crippen molar-refractivity contribution in [2.45, 2.75) is 52.0 Å². The molecule has 1 atom stereocenters. The van der Waals surface area contributed by atoms with Crippen molar-refractivity contribution < 1.29 is 14.7 Å². The molecule has 1 rings (SSSR count). The molecule has 1 unspecified atom stereocenters. The zero-order valence-electron chi connectivity index (χ0n) is 12.0. The first-order valence-electron chi connectivity index (χ1n) is 7.21. The van der Waals surface area contributed by atoms with Gasteiger partial charge in [-0.1, -0.05) is 6.92 Å². The maximum atomic E-state index is 12.5. The summed E-state index contributed by atoms with van der Waals surface area (Å²) in [7, 11) is 0. The van der Waals surface area contributed by atoms with E-state index in [4.69, 9.17) is 10.8 Å². The highest BCUT2D eigenvalue weighted by Gasteiger charge is 2.31. The first kappa shape index (κ1) is 16.0. The molecule has 1 amide bonds. The molecule has 1 aliphatic rings. The second-order valence-electron chi connectivity index (χ2n) is 5.57. The van der Waals surface area contributed by atoms with E-state index in [-0.39, 0.29) is 24.4 Å². The van der Waals surface area contributed by atoms with Gasteiger partial charge in [-0.15, -0.1) is 0 Å². The van der Waals surface area contributed by atoms with Crippen LogP contribution in [0, 0.1) is 11.8 Å². The predicted octanol–water partition coefficient (Wildman–Crippen LogP) is 1.46. The summed E-state index contributed by atoms with van der Waals surface area (Å²) in [6.45, 7) is 4.38. The number of carboxylic acid groups (broad SMARTS) is 1. The fourth-order valence-corrected chi connectivity index (χ4v) is 2.70. The molecule has 0 aromatic heterocycles. The van der Waals surface area contributed by atoms with Crippen molar-refractivity contribution in [3.05, 3.63) is 0 Å². The Morgan fingerprint density at radius 2 is 1.89 bits per heavy atom. The summed E-state index contributed by atoms with van der Waals surface area (Å²) in [5, 5.41) is 8.95. The van der Waals surface area contributed by atoms with Gasteiger partial charge in [0, 0.05) is 12.0 Å². The van der Waals surface area contributed by atoms with Gasteiger partial charge in [-0.3, -0.25) is 9.59 Å². The smallest absolute Gasteiger partial charge is 0.323 e. The Morgan fingerprint density at radius 3 is 2.32 bits per heavy atom. The van der Waals surface area contributed by atoms with Crippen molar-refractivity contribution in [2.24, 2.45) is 17.6 Å². The first-order chi connectivity index (χ1) is 8.99. The minimum Gasteiger partial charge on any atom is -0.480 e. The number of nitrogens with zero attached hydrogens (tertiary/aromatic N) is 1. The van der Waals surface area contributed by atoms with E-state index in [1.54, 1.807) is 0 Å². The monoisotopic (exact) mass is 270 g/mol. The molecule has 19 heavy (non-hydrogen) atoms. The Hall–Kier alpha value is -1.10. The van der Waals surface area contributed by atoms with Gasteiger partial charge in [-0.25, -0.2) is 0 Å². The third kappa shape index (κ3) is 4.49. The van der Waals surface area contributed by atoms with Crippen molar-refractivity contribution in [3.8, 4) is 0 Å². The standard InChI is InChI=1S/C14H26N2O3/c1-3-10(2)16(9-13(17)18)14(19)12-6-4-11(8-15)5-7-12/h10-12H,3-9,15H2,1-2H3,(H,17,18). The van der Waals surface area contributed by atoms with Gasteiger partial charge in [0.1, 0.15) is 6.54 Å². The lowest BCUT2D eigenvalue weighted by Crippen LogP contribution is -2.45. The van der Waals surface area contributed by atoms with Crippen LogP contribution in [0.15, 0.2) is 0 Å². The van der Waals surface area contributed by atoms with E-state index in [9.17, 15) is 9.59 Å². The molecular formula is C14H26N2O3. The highest BCUT2D eigenvalue weighted by molar-refractivity contribution is 5.83. The molecule has 0 bridgehead atoms. The number of amides is 1. The summed E-state index contributed by atoms with van der Waals surface area (Å²) < 4.78 is 0. The predicted molar refractivity (Wildman–Crippen MR) is 73.6 cm³/mol. The average molecular weight is 270 g/mol. The van der Waals surface area contributed by atoms with E-state index in [0.29, 0.717) is 12.5 Å². The third-order valence-electron chi connectivity index (χ3n) is 4.24. The lowest BCUT2D eigenvalue weighted by Gasteiger charge is -2.34. The number of carboxylic acids is 1. The average Bonchev–Trinajstić information content (AvgIpc) is 2.43. The fraction of sp³-hybridized carbons (Fsp3) is 0.857. The minimum absolute atomic E-state index is 0.00669. The van der Waals surface area contributed by atoms with Gasteiger partial charge in [0.15, 0.2) is 0 Å². The molecule has 0 heterocycles. The van der Waals surface area contributed by atoms with Crippen LogP contribution in [0.2, 0.25) is 0 Å². The molecule has 0 aromatic carbocycles. The molecule has 0 spiro atoms. The number of carbonyl (C=O) groups is 2. The van der Waals surface area contributed by atoms with Gasteiger partial charge < -0.3 is 15.7 Å². The maximum absolute atomic E-state index is 12.5. The Labute approximate surface area is 115 Å². The van der Waals surface area contributed by atoms with Crippen molar-refractivity contribution >= 4 is 11.9 Å². The number of rotatable bonds is 6. The van der Waals surface area contributed by atoms with Crippen LogP contribution in [-0.2, 0) is 9.59 Å². The molecule has 5 heteroatoms. The van der Waals surface area contributed by atoms with E-state index >= 15 is 0 Å². The van der Waals surface area contributed by atoms with Crippen molar-refractivity contribution in [3.63, 3.8) is 0 Å². The topological polar surface area (TPSA) is 83.6 Å². The van der Waals surface area contributed by atoms with Crippen LogP contribution in [-0.4, -0.2) is 41.0 Å². The summed E-state index contributed by atoms with van der Waals surface area (Å²) in [5.74, 6) is -0.423. The van der Waals surface area contributed by atoms with E-state index in [0.717, 1.165) is 32.1 Å².